The van der Waals surface area contributed by atoms with Crippen molar-refractivity contribution in [3.63, 3.8) is 0 Å². The van der Waals surface area contributed by atoms with Crippen LogP contribution >= 0.6 is 23.2 Å². The normalized spacial score (nSPS) is 10.9. The van der Waals surface area contributed by atoms with E-state index in [0.717, 1.165) is 11.1 Å². The Morgan fingerprint density at radius 1 is 1.03 bits per heavy atom. The number of hydrogen-bond acceptors (Lipinski definition) is 5. The number of methoxy groups -OCH3 is 2. The third-order valence-corrected chi connectivity index (χ3v) is 5.58. The van der Waals surface area contributed by atoms with Crippen molar-refractivity contribution in [1.82, 2.24) is 0 Å². The van der Waals surface area contributed by atoms with Gasteiger partial charge in [0.25, 0.3) is 5.91 Å². The summed E-state index contributed by atoms with van der Waals surface area (Å²) in [5, 5.41) is 13.1. The number of carbonyl (C=O) groups is 1. The lowest BCUT2D eigenvalue weighted by molar-refractivity contribution is -0.118. The van der Waals surface area contributed by atoms with Crippen molar-refractivity contribution in [3.8, 4) is 23.3 Å². The number of halogens is 2. The molecule has 0 aliphatic heterocycles. The van der Waals surface area contributed by atoms with Crippen molar-refractivity contribution in [2.45, 2.75) is 6.92 Å². The maximum Gasteiger partial charge on any atom is 0.262 e. The Hall–Kier alpha value is -3.66. The SMILES string of the molecule is COc1ccc(/C(C#N)=C/c2cc(Cl)c(OCC(=O)Nc3ccc(C)c(Cl)c3)c(OC)c2)cc1. The van der Waals surface area contributed by atoms with Crippen molar-refractivity contribution in [2.24, 2.45) is 0 Å². The highest BCUT2D eigenvalue weighted by Crippen LogP contribution is 2.37. The van der Waals surface area contributed by atoms with Gasteiger partial charge < -0.3 is 19.5 Å². The molecule has 0 spiro atoms. The lowest BCUT2D eigenvalue weighted by Crippen LogP contribution is -2.20. The van der Waals surface area contributed by atoms with Gasteiger partial charge in [0.1, 0.15) is 5.75 Å². The van der Waals surface area contributed by atoms with Crippen LogP contribution in [0.3, 0.4) is 0 Å². The smallest absolute Gasteiger partial charge is 0.262 e. The minimum Gasteiger partial charge on any atom is -0.497 e. The maximum atomic E-state index is 12.3. The van der Waals surface area contributed by atoms with Crippen LogP contribution in [0, 0.1) is 18.3 Å². The summed E-state index contributed by atoms with van der Waals surface area (Å²) < 4.78 is 16.2. The minimum atomic E-state index is -0.381. The molecular weight excluding hydrogens is 475 g/mol. The van der Waals surface area contributed by atoms with E-state index in [2.05, 4.69) is 11.4 Å². The number of nitrogens with one attached hydrogen (secondary N) is 1. The first-order chi connectivity index (χ1) is 16.3. The van der Waals surface area contributed by atoms with Gasteiger partial charge >= 0.3 is 0 Å². The van der Waals surface area contributed by atoms with Crippen LogP contribution in [0.1, 0.15) is 16.7 Å². The van der Waals surface area contributed by atoms with E-state index in [1.807, 2.05) is 13.0 Å². The van der Waals surface area contributed by atoms with Gasteiger partial charge in [-0.15, -0.1) is 0 Å². The standard InChI is InChI=1S/C26H22Cl2N2O4/c1-16-4-7-20(13-22(16)27)30-25(31)15-34-26-23(28)11-17(12-24(26)33-3)10-19(14-29)18-5-8-21(32-2)9-6-18/h4-13H,15H2,1-3H3,(H,30,31)/b19-10+. The van der Waals surface area contributed by atoms with Crippen molar-refractivity contribution in [1.29, 1.82) is 5.26 Å². The Labute approximate surface area is 208 Å². The third-order valence-electron chi connectivity index (χ3n) is 4.89. The highest BCUT2D eigenvalue weighted by molar-refractivity contribution is 6.32. The van der Waals surface area contributed by atoms with Gasteiger partial charge in [0.15, 0.2) is 18.1 Å². The Balaban J connectivity index is 1.77. The number of aryl methyl sites for hydroxylation is 1. The predicted molar refractivity (Wildman–Crippen MR) is 135 cm³/mol. The fourth-order valence-corrected chi connectivity index (χ4v) is 3.54. The molecule has 3 aromatic carbocycles. The molecule has 3 rings (SSSR count). The number of rotatable bonds is 8. The van der Waals surface area contributed by atoms with E-state index >= 15 is 0 Å². The summed E-state index contributed by atoms with van der Waals surface area (Å²) in [6.07, 6.45) is 1.69. The fourth-order valence-electron chi connectivity index (χ4n) is 3.09. The zero-order valence-corrected chi connectivity index (χ0v) is 20.3. The van der Waals surface area contributed by atoms with E-state index in [1.165, 1.54) is 7.11 Å². The molecule has 0 saturated heterocycles. The van der Waals surface area contributed by atoms with Crippen molar-refractivity contribution >= 4 is 46.4 Å². The zero-order valence-electron chi connectivity index (χ0n) is 18.8. The average molecular weight is 497 g/mol. The summed E-state index contributed by atoms with van der Waals surface area (Å²) in [6, 6.07) is 17.9. The van der Waals surface area contributed by atoms with Crippen LogP contribution < -0.4 is 19.5 Å². The second-order valence-electron chi connectivity index (χ2n) is 7.23. The molecule has 1 N–H and O–H groups in total. The zero-order chi connectivity index (χ0) is 24.7. The molecule has 0 heterocycles. The van der Waals surface area contributed by atoms with Crippen molar-refractivity contribution < 1.29 is 19.0 Å². The van der Waals surface area contributed by atoms with E-state index in [1.54, 1.807) is 61.7 Å². The van der Waals surface area contributed by atoms with E-state index in [0.29, 0.717) is 33.3 Å². The molecule has 0 bridgehead atoms. The van der Waals surface area contributed by atoms with Crippen molar-refractivity contribution in [3.05, 3.63) is 81.3 Å². The highest BCUT2D eigenvalue weighted by atomic mass is 35.5. The van der Waals surface area contributed by atoms with Gasteiger partial charge in [-0.3, -0.25) is 4.79 Å². The first-order valence-electron chi connectivity index (χ1n) is 10.2. The summed E-state index contributed by atoms with van der Waals surface area (Å²) in [4.78, 5) is 12.3. The largest absolute Gasteiger partial charge is 0.497 e. The number of nitrogens with zero attached hydrogens (tertiary/aromatic N) is 1. The molecule has 0 atom stereocenters. The fraction of sp³-hybridized carbons (Fsp3) is 0.154. The van der Waals surface area contributed by atoms with Gasteiger partial charge in [-0.1, -0.05) is 29.3 Å². The molecule has 3 aromatic rings. The molecule has 174 valence electrons. The Morgan fingerprint density at radius 3 is 2.38 bits per heavy atom. The topological polar surface area (TPSA) is 80.6 Å². The Bertz CT molecular complexity index is 1270. The third kappa shape index (κ3) is 6.22. The summed E-state index contributed by atoms with van der Waals surface area (Å²) >= 11 is 12.5. The van der Waals surface area contributed by atoms with Crippen LogP contribution in [0.5, 0.6) is 17.2 Å². The average Bonchev–Trinajstić information content (AvgIpc) is 2.84. The Kier molecular flexibility index (Phi) is 8.42. The number of ether oxygens (including phenoxy) is 3. The molecule has 0 radical (unpaired) electrons. The highest BCUT2D eigenvalue weighted by Gasteiger charge is 2.14. The first-order valence-corrected chi connectivity index (χ1v) is 10.9. The summed E-state index contributed by atoms with van der Waals surface area (Å²) in [5.41, 5.74) is 3.27. The number of benzene rings is 3. The number of hydrogen-bond donors (Lipinski definition) is 1. The van der Waals surface area contributed by atoms with Crippen molar-refractivity contribution in [2.75, 3.05) is 26.1 Å². The van der Waals surface area contributed by atoms with Gasteiger partial charge in [-0.25, -0.2) is 0 Å². The van der Waals surface area contributed by atoms with Gasteiger partial charge in [-0.2, -0.15) is 5.26 Å². The quantitative estimate of drug-likeness (QED) is 0.288. The molecule has 0 aliphatic rings. The lowest BCUT2D eigenvalue weighted by Gasteiger charge is -2.14. The summed E-state index contributed by atoms with van der Waals surface area (Å²) in [6.45, 7) is 1.59. The molecule has 0 unspecified atom stereocenters. The molecule has 8 heteroatoms. The number of nitriles is 1. The summed E-state index contributed by atoms with van der Waals surface area (Å²) in [5.74, 6) is 0.869. The van der Waals surface area contributed by atoms with Gasteiger partial charge in [0.2, 0.25) is 0 Å². The van der Waals surface area contributed by atoms with Gasteiger partial charge in [-0.05, 0) is 78.2 Å². The minimum absolute atomic E-state index is 0.223. The van der Waals surface area contributed by atoms with Gasteiger partial charge in [0.05, 0.1) is 30.9 Å². The molecule has 0 saturated carbocycles. The second-order valence-corrected chi connectivity index (χ2v) is 8.05. The molecule has 0 aromatic heterocycles. The molecular formula is C26H22Cl2N2O4. The van der Waals surface area contributed by atoms with Crippen LogP contribution in [-0.4, -0.2) is 26.7 Å². The van der Waals surface area contributed by atoms with E-state index in [-0.39, 0.29) is 23.3 Å². The van der Waals surface area contributed by atoms with Crippen LogP contribution in [0.4, 0.5) is 5.69 Å². The monoisotopic (exact) mass is 496 g/mol. The van der Waals surface area contributed by atoms with Crippen LogP contribution in [-0.2, 0) is 4.79 Å². The Morgan fingerprint density at radius 2 is 1.76 bits per heavy atom. The number of allylic oxidation sites excluding steroid dienone is 1. The van der Waals surface area contributed by atoms with E-state index < -0.39 is 0 Å². The number of amides is 1. The van der Waals surface area contributed by atoms with E-state index in [4.69, 9.17) is 37.4 Å². The lowest BCUT2D eigenvalue weighted by atomic mass is 10.0. The van der Waals surface area contributed by atoms with Crippen LogP contribution in [0.25, 0.3) is 11.6 Å². The molecule has 0 aliphatic carbocycles. The molecule has 34 heavy (non-hydrogen) atoms. The van der Waals surface area contributed by atoms with Gasteiger partial charge in [0, 0.05) is 10.7 Å². The molecule has 6 nitrogen and oxygen atoms in total. The van der Waals surface area contributed by atoms with Crippen LogP contribution in [0.2, 0.25) is 10.0 Å². The maximum absolute atomic E-state index is 12.3. The number of anilines is 1. The second kappa shape index (κ2) is 11.5. The molecule has 0 fully saturated rings. The predicted octanol–water partition coefficient (Wildman–Crippen LogP) is 6.40. The first kappa shape index (κ1) is 25.0. The molecule has 1 amide bonds. The van der Waals surface area contributed by atoms with Crippen LogP contribution in [0.15, 0.2) is 54.6 Å². The number of carbonyl (C=O) groups excluding carboxylic acids is 1. The van der Waals surface area contributed by atoms with E-state index in [9.17, 15) is 10.1 Å². The summed E-state index contributed by atoms with van der Waals surface area (Å²) in [7, 11) is 3.05.